The molecule has 1 aromatic heterocycles. The molecule has 4 aliphatic carbocycles. The molecule has 1 heterocycles. The van der Waals surface area contributed by atoms with Crippen molar-refractivity contribution in [3.05, 3.63) is 40.3 Å². The van der Waals surface area contributed by atoms with E-state index < -0.39 is 10.0 Å². The van der Waals surface area contributed by atoms with E-state index in [2.05, 4.69) is 10.1 Å². The molecule has 4 aliphatic rings. The number of hydrogen-bond acceptors (Lipinski definition) is 4. The minimum absolute atomic E-state index is 0.0877. The number of pyridine rings is 1. The van der Waals surface area contributed by atoms with Crippen LogP contribution in [0.2, 0.25) is 0 Å². The molecule has 0 bridgehead atoms. The van der Waals surface area contributed by atoms with Gasteiger partial charge in [-0.1, -0.05) is 6.07 Å². The maximum Gasteiger partial charge on any atom is 0.277 e. The molecule has 1 aromatic carbocycles. The second-order valence-corrected chi connectivity index (χ2v) is 11.7. The third-order valence-corrected chi connectivity index (χ3v) is 8.96. The lowest BCUT2D eigenvalue weighted by Crippen LogP contribution is -2.36. The van der Waals surface area contributed by atoms with Crippen molar-refractivity contribution in [1.29, 1.82) is 0 Å². The van der Waals surface area contributed by atoms with E-state index in [1.54, 1.807) is 18.3 Å². The third-order valence-electron chi connectivity index (χ3n) is 7.32. The number of carbonyl (C=O) groups excluding carboxylic acids is 1. The Hall–Kier alpha value is -2.19. The highest BCUT2D eigenvalue weighted by atomic mass is 32.2. The summed E-state index contributed by atoms with van der Waals surface area (Å²) < 4.78 is 29.7. The summed E-state index contributed by atoms with van der Waals surface area (Å²) in [6.45, 7) is 1.88. The van der Waals surface area contributed by atoms with Crippen LogP contribution < -0.4 is 15.7 Å². The molecule has 30 heavy (non-hydrogen) atoms. The van der Waals surface area contributed by atoms with E-state index in [0.29, 0.717) is 17.2 Å². The van der Waals surface area contributed by atoms with Gasteiger partial charge in [-0.25, -0.2) is 17.8 Å². The fourth-order valence-corrected chi connectivity index (χ4v) is 5.90. The Labute approximate surface area is 174 Å². The fourth-order valence-electron chi connectivity index (χ4n) is 4.41. The predicted molar refractivity (Wildman–Crippen MR) is 112 cm³/mol. The van der Waals surface area contributed by atoms with Crippen molar-refractivity contribution in [2.24, 2.45) is 17.3 Å². The van der Waals surface area contributed by atoms with E-state index >= 15 is 0 Å². The molecule has 0 radical (unpaired) electrons. The Kier molecular flexibility index (Phi) is 3.55. The first-order valence-corrected chi connectivity index (χ1v) is 12.2. The molecule has 6 rings (SSSR count). The van der Waals surface area contributed by atoms with E-state index in [9.17, 15) is 18.0 Å². The first-order valence-electron chi connectivity index (χ1n) is 10.7. The summed E-state index contributed by atoms with van der Waals surface area (Å²) in [5.74, 6) is 0.967. The first-order chi connectivity index (χ1) is 14.2. The Morgan fingerprint density at radius 1 is 1.20 bits per heavy atom. The summed E-state index contributed by atoms with van der Waals surface area (Å²) in [6.07, 6.45) is 8.31. The topological polar surface area (TPSA) is 97.3 Å². The van der Waals surface area contributed by atoms with Gasteiger partial charge in [-0.3, -0.25) is 15.0 Å². The van der Waals surface area contributed by atoms with Crippen LogP contribution in [0.5, 0.6) is 0 Å². The predicted octanol–water partition coefficient (Wildman–Crippen LogP) is 2.26. The van der Waals surface area contributed by atoms with E-state index in [4.69, 9.17) is 0 Å². The summed E-state index contributed by atoms with van der Waals surface area (Å²) in [4.78, 5) is 25.9. The van der Waals surface area contributed by atoms with E-state index in [-0.39, 0.29) is 27.3 Å². The van der Waals surface area contributed by atoms with Crippen LogP contribution in [0.4, 0.5) is 0 Å². The second-order valence-electron chi connectivity index (χ2n) is 10.1. The molecule has 8 heteroatoms. The number of rotatable bonds is 7. The Bertz CT molecular complexity index is 1270. The lowest BCUT2D eigenvalue weighted by molar-refractivity contribution is -0.120. The highest BCUT2D eigenvalue weighted by Crippen LogP contribution is 2.75. The second kappa shape index (κ2) is 5.73. The van der Waals surface area contributed by atoms with Crippen molar-refractivity contribution in [3.8, 4) is 0 Å². The summed E-state index contributed by atoms with van der Waals surface area (Å²) in [5, 5.41) is 1.10. The summed E-state index contributed by atoms with van der Waals surface area (Å²) in [6, 6.07) is 4.77. The Balaban J connectivity index is 1.43. The first kappa shape index (κ1) is 18.6. The average molecular weight is 428 g/mol. The number of aromatic nitrogens is 1. The highest BCUT2D eigenvalue weighted by molar-refractivity contribution is 7.89. The maximum atomic E-state index is 13.2. The molecule has 2 N–H and O–H groups in total. The van der Waals surface area contributed by atoms with Crippen LogP contribution in [0.15, 0.2) is 34.1 Å². The lowest BCUT2D eigenvalue weighted by Gasteiger charge is -2.16. The van der Waals surface area contributed by atoms with Crippen LogP contribution in [0, 0.1) is 17.3 Å². The standard InChI is InChI=1S/C22H25N3O4S/c1-21(6-7-21)24-30(28,29)16-4-5-17-14(8-13-2-3-13)12-25(19(26)18(17)9-16)23-20(27)22-10-15(22)11-22/h4-5,9,12-13,15,24H,2-3,6-8,10-11H2,1H3,(H,23,27). The SMILES string of the molecule is CC1(NS(=O)(=O)c2ccc3c(CC4CC4)cn(NC(=O)C45CC4C5)c(=O)c3c2)CC1. The molecule has 2 aromatic rings. The van der Waals surface area contributed by atoms with Gasteiger partial charge in [0, 0.05) is 11.7 Å². The zero-order chi connectivity index (χ0) is 20.9. The van der Waals surface area contributed by atoms with Gasteiger partial charge in [-0.15, -0.1) is 0 Å². The van der Waals surface area contributed by atoms with Crippen LogP contribution in [0.3, 0.4) is 0 Å². The minimum Gasteiger partial charge on any atom is -0.273 e. The highest BCUT2D eigenvalue weighted by Gasteiger charge is 2.74. The lowest BCUT2D eigenvalue weighted by atomic mass is 10.0. The van der Waals surface area contributed by atoms with Crippen LogP contribution >= 0.6 is 0 Å². The van der Waals surface area contributed by atoms with Gasteiger partial charge >= 0.3 is 0 Å². The quantitative estimate of drug-likeness (QED) is 0.708. The van der Waals surface area contributed by atoms with Crippen molar-refractivity contribution < 1.29 is 13.2 Å². The molecular weight excluding hydrogens is 402 g/mol. The van der Waals surface area contributed by atoms with Crippen LogP contribution in [0.1, 0.15) is 51.0 Å². The molecular formula is C22H25N3O4S. The van der Waals surface area contributed by atoms with Crippen molar-refractivity contribution in [1.82, 2.24) is 9.40 Å². The maximum absolute atomic E-state index is 13.2. The molecule has 0 saturated heterocycles. The zero-order valence-corrected chi connectivity index (χ0v) is 17.7. The van der Waals surface area contributed by atoms with Crippen molar-refractivity contribution in [2.75, 3.05) is 5.43 Å². The third kappa shape index (κ3) is 3.00. The molecule has 0 unspecified atom stereocenters. The smallest absolute Gasteiger partial charge is 0.273 e. The molecule has 0 aliphatic heterocycles. The number of carbonyl (C=O) groups is 1. The monoisotopic (exact) mass is 427 g/mol. The molecule has 0 spiro atoms. The van der Waals surface area contributed by atoms with E-state index in [1.165, 1.54) is 10.7 Å². The van der Waals surface area contributed by atoms with Gasteiger partial charge < -0.3 is 0 Å². The van der Waals surface area contributed by atoms with Crippen molar-refractivity contribution >= 4 is 26.7 Å². The molecule has 0 atom stereocenters. The number of nitrogens with one attached hydrogen (secondary N) is 2. The summed E-state index contributed by atoms with van der Waals surface area (Å²) >= 11 is 0. The summed E-state index contributed by atoms with van der Waals surface area (Å²) in [7, 11) is -3.72. The minimum atomic E-state index is -3.72. The van der Waals surface area contributed by atoms with Crippen LogP contribution in [-0.4, -0.2) is 24.5 Å². The van der Waals surface area contributed by atoms with Gasteiger partial charge in [-0.2, -0.15) is 0 Å². The Morgan fingerprint density at radius 3 is 2.50 bits per heavy atom. The number of nitrogens with zero attached hydrogens (tertiary/aromatic N) is 1. The van der Waals surface area contributed by atoms with Gasteiger partial charge in [0.15, 0.2) is 0 Å². The van der Waals surface area contributed by atoms with E-state index in [1.807, 2.05) is 6.92 Å². The van der Waals surface area contributed by atoms with Crippen LogP contribution in [-0.2, 0) is 21.2 Å². The molecule has 4 fully saturated rings. The normalized spacial score (nSPS) is 28.1. The zero-order valence-electron chi connectivity index (χ0n) is 16.9. The van der Waals surface area contributed by atoms with Gasteiger partial charge in [0.05, 0.1) is 15.7 Å². The van der Waals surface area contributed by atoms with Crippen LogP contribution in [0.25, 0.3) is 10.8 Å². The largest absolute Gasteiger partial charge is 0.277 e. The molecule has 4 saturated carbocycles. The number of hydrogen-bond donors (Lipinski definition) is 2. The number of fused-ring (bicyclic) bond motifs is 2. The Morgan fingerprint density at radius 2 is 1.90 bits per heavy atom. The fraction of sp³-hybridized carbons (Fsp3) is 0.545. The molecule has 7 nitrogen and oxygen atoms in total. The van der Waals surface area contributed by atoms with Crippen molar-refractivity contribution in [3.63, 3.8) is 0 Å². The molecule has 1 amide bonds. The number of sulfonamides is 1. The van der Waals surface area contributed by atoms with Gasteiger partial charge in [-0.05, 0) is 86.8 Å². The average Bonchev–Trinajstić information content (AvgIpc) is 3.49. The molecule has 158 valence electrons. The summed E-state index contributed by atoms with van der Waals surface area (Å²) in [5.41, 5.74) is 2.73. The van der Waals surface area contributed by atoms with Gasteiger partial charge in [0.2, 0.25) is 15.9 Å². The van der Waals surface area contributed by atoms with E-state index in [0.717, 1.165) is 55.9 Å². The van der Waals surface area contributed by atoms with Gasteiger partial charge in [0.25, 0.3) is 5.56 Å². The van der Waals surface area contributed by atoms with Crippen molar-refractivity contribution in [2.45, 2.75) is 62.3 Å². The van der Waals surface area contributed by atoms with Gasteiger partial charge in [0.1, 0.15) is 0 Å². The number of amides is 1. The number of benzene rings is 1.